The molecule has 32 heavy (non-hydrogen) atoms. The summed E-state index contributed by atoms with van der Waals surface area (Å²) in [6.07, 6.45) is 1.65. The van der Waals surface area contributed by atoms with Gasteiger partial charge in [-0.1, -0.05) is 46.3 Å². The van der Waals surface area contributed by atoms with Crippen LogP contribution in [-0.4, -0.2) is 32.2 Å². The predicted molar refractivity (Wildman–Crippen MR) is 125 cm³/mol. The first-order valence-corrected chi connectivity index (χ1v) is 10.7. The minimum absolute atomic E-state index is 0.206. The molecule has 0 fully saturated rings. The number of hydrogen-bond acceptors (Lipinski definition) is 6. The molecule has 0 spiro atoms. The van der Waals surface area contributed by atoms with Crippen molar-refractivity contribution in [3.8, 4) is 17.2 Å². The van der Waals surface area contributed by atoms with E-state index < -0.39 is 5.97 Å². The molecule has 0 radical (unpaired) electrons. The normalized spacial score (nSPS) is 14.1. The van der Waals surface area contributed by atoms with E-state index in [0.717, 1.165) is 10.0 Å². The lowest BCUT2D eigenvalue weighted by molar-refractivity contribution is -0.129. The average molecular weight is 494 g/mol. The molecular formula is C25H20BrNO5. The molecule has 0 N–H and O–H groups in total. The number of halogens is 1. The number of esters is 1. The highest BCUT2D eigenvalue weighted by Gasteiger charge is 2.24. The Morgan fingerprint density at radius 2 is 1.59 bits per heavy atom. The van der Waals surface area contributed by atoms with Crippen molar-refractivity contribution in [2.45, 2.75) is 0 Å². The summed E-state index contributed by atoms with van der Waals surface area (Å²) < 4.78 is 23.1. The van der Waals surface area contributed by atoms with Crippen LogP contribution in [0.4, 0.5) is 0 Å². The molecule has 0 atom stereocenters. The number of carbonyl (C=O) groups excluding carboxylic acids is 1. The molecule has 4 rings (SSSR count). The zero-order valence-electron chi connectivity index (χ0n) is 17.3. The van der Waals surface area contributed by atoms with E-state index in [1.54, 1.807) is 13.2 Å². The van der Waals surface area contributed by atoms with Crippen LogP contribution in [0.5, 0.6) is 17.2 Å². The summed E-state index contributed by atoms with van der Waals surface area (Å²) in [7, 11) is 1.60. The Morgan fingerprint density at radius 1 is 0.906 bits per heavy atom. The van der Waals surface area contributed by atoms with E-state index in [-0.39, 0.29) is 11.6 Å². The maximum atomic E-state index is 12.3. The molecule has 0 saturated heterocycles. The third-order valence-electron chi connectivity index (χ3n) is 4.57. The zero-order chi connectivity index (χ0) is 22.3. The molecule has 0 saturated carbocycles. The summed E-state index contributed by atoms with van der Waals surface area (Å²) in [4.78, 5) is 16.7. The first kappa shape index (κ1) is 21.6. The smallest absolute Gasteiger partial charge is 0.363 e. The van der Waals surface area contributed by atoms with Gasteiger partial charge < -0.3 is 18.9 Å². The number of para-hydroxylation sites is 2. The maximum Gasteiger partial charge on any atom is 0.363 e. The van der Waals surface area contributed by atoms with Crippen molar-refractivity contribution in [3.63, 3.8) is 0 Å². The Labute approximate surface area is 194 Å². The van der Waals surface area contributed by atoms with Gasteiger partial charge in [0.05, 0.1) is 7.11 Å². The van der Waals surface area contributed by atoms with Gasteiger partial charge in [0.15, 0.2) is 17.2 Å². The number of methoxy groups -OCH3 is 1. The molecule has 162 valence electrons. The Kier molecular flexibility index (Phi) is 6.87. The summed E-state index contributed by atoms with van der Waals surface area (Å²) in [6, 6.07) is 22.3. The second kappa shape index (κ2) is 10.2. The van der Waals surface area contributed by atoms with E-state index in [1.807, 2.05) is 72.8 Å². The number of ether oxygens (including phenoxy) is 4. The third-order valence-corrected chi connectivity index (χ3v) is 5.07. The standard InChI is InChI=1S/C25H20BrNO5/c1-29-22-9-5-6-10-23(22)31-14-13-30-21-12-11-19(26)15-18(21)16-20-25(28)32-24(27-20)17-7-3-2-4-8-17/h2-12,15-16H,13-14H2,1H3. The number of carbonyl (C=O) groups is 1. The van der Waals surface area contributed by atoms with Gasteiger partial charge in [-0.15, -0.1) is 0 Å². The van der Waals surface area contributed by atoms with Crippen LogP contribution < -0.4 is 14.2 Å². The van der Waals surface area contributed by atoms with Crippen molar-refractivity contribution in [1.29, 1.82) is 0 Å². The van der Waals surface area contributed by atoms with Crippen LogP contribution in [0.1, 0.15) is 11.1 Å². The summed E-state index contributed by atoms with van der Waals surface area (Å²) in [6.45, 7) is 0.629. The van der Waals surface area contributed by atoms with Crippen molar-refractivity contribution in [2.75, 3.05) is 20.3 Å². The Hall–Kier alpha value is -3.58. The van der Waals surface area contributed by atoms with E-state index in [2.05, 4.69) is 20.9 Å². The number of aliphatic imine (C=N–C) groups is 1. The molecule has 0 aliphatic carbocycles. The number of hydrogen-bond donors (Lipinski definition) is 0. The molecule has 0 amide bonds. The summed E-state index contributed by atoms with van der Waals surface area (Å²) in [5.41, 5.74) is 1.64. The first-order valence-electron chi connectivity index (χ1n) is 9.90. The van der Waals surface area contributed by atoms with Crippen molar-refractivity contribution in [2.24, 2.45) is 4.99 Å². The molecule has 1 aliphatic heterocycles. The second-order valence-corrected chi connectivity index (χ2v) is 7.65. The molecule has 1 heterocycles. The molecule has 3 aromatic carbocycles. The average Bonchev–Trinajstić information content (AvgIpc) is 3.19. The van der Waals surface area contributed by atoms with Gasteiger partial charge in [-0.2, -0.15) is 0 Å². The highest BCUT2D eigenvalue weighted by atomic mass is 79.9. The highest BCUT2D eigenvalue weighted by molar-refractivity contribution is 9.10. The minimum atomic E-state index is -0.505. The molecule has 0 bridgehead atoms. The quantitative estimate of drug-likeness (QED) is 0.243. The van der Waals surface area contributed by atoms with Crippen molar-refractivity contribution in [1.82, 2.24) is 0 Å². The molecule has 6 nitrogen and oxygen atoms in total. The fourth-order valence-electron chi connectivity index (χ4n) is 3.07. The van der Waals surface area contributed by atoms with Gasteiger partial charge in [-0.25, -0.2) is 9.79 Å². The van der Waals surface area contributed by atoms with Crippen LogP contribution >= 0.6 is 15.9 Å². The lowest BCUT2D eigenvalue weighted by Crippen LogP contribution is -2.10. The van der Waals surface area contributed by atoms with Crippen LogP contribution in [0.15, 0.2) is 88.0 Å². The van der Waals surface area contributed by atoms with Crippen LogP contribution in [0.2, 0.25) is 0 Å². The number of benzene rings is 3. The number of nitrogens with zero attached hydrogens (tertiary/aromatic N) is 1. The minimum Gasteiger partial charge on any atom is -0.493 e. The molecule has 0 aromatic heterocycles. The van der Waals surface area contributed by atoms with Gasteiger partial charge >= 0.3 is 5.97 Å². The molecular weight excluding hydrogens is 474 g/mol. The van der Waals surface area contributed by atoms with Crippen molar-refractivity contribution >= 4 is 33.9 Å². The highest BCUT2D eigenvalue weighted by Crippen LogP contribution is 2.29. The van der Waals surface area contributed by atoms with E-state index in [0.29, 0.717) is 36.0 Å². The summed E-state index contributed by atoms with van der Waals surface area (Å²) >= 11 is 3.46. The van der Waals surface area contributed by atoms with Crippen molar-refractivity contribution < 1.29 is 23.7 Å². The number of cyclic esters (lactones) is 1. The van der Waals surface area contributed by atoms with Crippen LogP contribution in [0.25, 0.3) is 6.08 Å². The van der Waals surface area contributed by atoms with E-state index in [9.17, 15) is 4.79 Å². The van der Waals surface area contributed by atoms with Gasteiger partial charge in [0.1, 0.15) is 19.0 Å². The van der Waals surface area contributed by atoms with Crippen LogP contribution in [0.3, 0.4) is 0 Å². The fourth-order valence-corrected chi connectivity index (χ4v) is 3.44. The van der Waals surface area contributed by atoms with Gasteiger partial charge in [0.2, 0.25) is 5.90 Å². The lowest BCUT2D eigenvalue weighted by atomic mass is 10.1. The van der Waals surface area contributed by atoms with E-state index >= 15 is 0 Å². The second-order valence-electron chi connectivity index (χ2n) is 6.73. The molecule has 0 unspecified atom stereocenters. The summed E-state index contributed by atoms with van der Waals surface area (Å²) in [5, 5.41) is 0. The molecule has 7 heteroatoms. The molecule has 1 aliphatic rings. The lowest BCUT2D eigenvalue weighted by Gasteiger charge is -2.12. The SMILES string of the molecule is COc1ccccc1OCCOc1ccc(Br)cc1C=C1N=C(c2ccccc2)OC1=O. The number of rotatable bonds is 8. The molecule has 3 aromatic rings. The predicted octanol–water partition coefficient (Wildman–Crippen LogP) is 5.26. The van der Waals surface area contributed by atoms with E-state index in [4.69, 9.17) is 18.9 Å². The summed E-state index contributed by atoms with van der Waals surface area (Å²) in [5.74, 6) is 1.68. The monoisotopic (exact) mass is 493 g/mol. The van der Waals surface area contributed by atoms with Gasteiger partial charge in [0.25, 0.3) is 0 Å². The van der Waals surface area contributed by atoms with Crippen LogP contribution in [-0.2, 0) is 9.53 Å². The Morgan fingerprint density at radius 3 is 2.34 bits per heavy atom. The topological polar surface area (TPSA) is 66.3 Å². The largest absolute Gasteiger partial charge is 0.493 e. The van der Waals surface area contributed by atoms with Crippen LogP contribution in [0, 0.1) is 0 Å². The fraction of sp³-hybridized carbons (Fsp3) is 0.120. The van der Waals surface area contributed by atoms with Gasteiger partial charge in [0, 0.05) is 15.6 Å². The van der Waals surface area contributed by atoms with E-state index in [1.165, 1.54) is 0 Å². The van der Waals surface area contributed by atoms with Crippen molar-refractivity contribution in [3.05, 3.63) is 94.1 Å². The zero-order valence-corrected chi connectivity index (χ0v) is 18.9. The Bertz CT molecular complexity index is 1170. The van der Waals surface area contributed by atoms with Gasteiger partial charge in [-0.05, 0) is 48.5 Å². The van der Waals surface area contributed by atoms with Gasteiger partial charge in [-0.3, -0.25) is 0 Å². The first-order chi connectivity index (χ1) is 15.6. The Balaban J connectivity index is 1.47. The third kappa shape index (κ3) is 5.18. The maximum absolute atomic E-state index is 12.3.